The largest absolute Gasteiger partial charge is 0.396 e. The minimum Gasteiger partial charge on any atom is -0.396 e. The van der Waals surface area contributed by atoms with E-state index in [0.717, 1.165) is 11.9 Å². The van der Waals surface area contributed by atoms with Gasteiger partial charge in [0.2, 0.25) is 0 Å². The van der Waals surface area contributed by atoms with Crippen molar-refractivity contribution in [1.29, 1.82) is 0 Å². The number of hydrogen-bond acceptors (Lipinski definition) is 1. The zero-order valence-corrected chi connectivity index (χ0v) is 8.90. The topological polar surface area (TPSA) is 36.0 Å². The number of aliphatic hydroxyl groups is 1. The molecule has 0 fully saturated rings. The van der Waals surface area contributed by atoms with Gasteiger partial charge in [0.25, 0.3) is 0 Å². The van der Waals surface area contributed by atoms with Crippen LogP contribution in [0.25, 0.3) is 21.8 Å². The highest BCUT2D eigenvalue weighted by atomic mass is 16.2. The fourth-order valence-electron chi connectivity index (χ4n) is 2.18. The molecular weight excluding hydrogens is 198 g/mol. The molecule has 3 rings (SSSR count). The van der Waals surface area contributed by atoms with Crippen molar-refractivity contribution in [2.24, 2.45) is 0 Å². The third-order valence-corrected chi connectivity index (χ3v) is 2.97. The van der Waals surface area contributed by atoms with Crippen LogP contribution in [0.1, 0.15) is 5.56 Å². The van der Waals surface area contributed by atoms with Crippen molar-refractivity contribution < 1.29 is 5.11 Å². The molecule has 16 heavy (non-hydrogen) atoms. The number of nitrogens with one attached hydrogen (secondary N) is 1. The number of para-hydroxylation sites is 1. The van der Waals surface area contributed by atoms with E-state index in [4.69, 9.17) is 5.11 Å². The third kappa shape index (κ3) is 1.39. The lowest BCUT2D eigenvalue weighted by Gasteiger charge is -1.98. The lowest BCUT2D eigenvalue weighted by atomic mass is 10.1. The third-order valence-electron chi connectivity index (χ3n) is 2.97. The molecule has 2 N–H and O–H groups in total. The molecule has 80 valence electrons. The lowest BCUT2D eigenvalue weighted by Crippen LogP contribution is -1.89. The van der Waals surface area contributed by atoms with Crippen LogP contribution < -0.4 is 0 Å². The molecule has 0 aliphatic rings. The van der Waals surface area contributed by atoms with Crippen LogP contribution in [0.2, 0.25) is 0 Å². The number of aliphatic hydroxyl groups excluding tert-OH is 1. The zero-order valence-electron chi connectivity index (χ0n) is 8.90. The smallest absolute Gasteiger partial charge is 0.0471 e. The standard InChI is InChI=1S/C14H13NO/c16-8-7-10-5-6-14-12(9-10)11-3-1-2-4-13(11)15-14/h1-6,9,15-16H,7-8H2. The quantitative estimate of drug-likeness (QED) is 0.671. The van der Waals surface area contributed by atoms with Gasteiger partial charge in [-0.3, -0.25) is 0 Å². The molecule has 3 aromatic rings. The Kier molecular flexibility index (Phi) is 2.15. The minimum atomic E-state index is 0.202. The molecule has 0 amide bonds. The molecule has 2 aromatic carbocycles. The lowest BCUT2D eigenvalue weighted by molar-refractivity contribution is 0.299. The van der Waals surface area contributed by atoms with Crippen molar-refractivity contribution in [1.82, 2.24) is 4.98 Å². The van der Waals surface area contributed by atoms with Gasteiger partial charge in [-0.1, -0.05) is 24.3 Å². The van der Waals surface area contributed by atoms with Crippen molar-refractivity contribution >= 4 is 21.8 Å². The number of fused-ring (bicyclic) bond motifs is 3. The monoisotopic (exact) mass is 211 g/mol. The summed E-state index contributed by atoms with van der Waals surface area (Å²) in [5, 5.41) is 11.4. The average Bonchev–Trinajstić information content (AvgIpc) is 2.68. The van der Waals surface area contributed by atoms with Crippen LogP contribution in [0.3, 0.4) is 0 Å². The van der Waals surface area contributed by atoms with E-state index >= 15 is 0 Å². The first kappa shape index (κ1) is 9.43. The highest BCUT2D eigenvalue weighted by Crippen LogP contribution is 2.25. The molecule has 0 bridgehead atoms. The summed E-state index contributed by atoms with van der Waals surface area (Å²) in [6, 6.07) is 14.6. The van der Waals surface area contributed by atoms with Crippen LogP contribution >= 0.6 is 0 Å². The van der Waals surface area contributed by atoms with E-state index in [2.05, 4.69) is 35.3 Å². The number of aromatic amines is 1. The maximum atomic E-state index is 8.95. The van der Waals surface area contributed by atoms with Crippen LogP contribution in [0.5, 0.6) is 0 Å². The van der Waals surface area contributed by atoms with E-state index < -0.39 is 0 Å². The second kappa shape index (κ2) is 3.65. The first-order valence-corrected chi connectivity index (χ1v) is 5.49. The van der Waals surface area contributed by atoms with Gasteiger partial charge in [-0.05, 0) is 30.2 Å². The van der Waals surface area contributed by atoms with Crippen molar-refractivity contribution in [2.45, 2.75) is 6.42 Å². The van der Waals surface area contributed by atoms with Crippen LogP contribution in [0, 0.1) is 0 Å². The molecule has 0 unspecified atom stereocenters. The van der Waals surface area contributed by atoms with Gasteiger partial charge in [0, 0.05) is 28.4 Å². The van der Waals surface area contributed by atoms with Gasteiger partial charge >= 0.3 is 0 Å². The van der Waals surface area contributed by atoms with Gasteiger partial charge in [-0.2, -0.15) is 0 Å². The van der Waals surface area contributed by atoms with Gasteiger partial charge in [-0.25, -0.2) is 0 Å². The number of benzene rings is 2. The fraction of sp³-hybridized carbons (Fsp3) is 0.143. The molecule has 0 aliphatic heterocycles. The molecule has 0 spiro atoms. The Labute approximate surface area is 93.5 Å². The van der Waals surface area contributed by atoms with E-state index in [-0.39, 0.29) is 6.61 Å². The van der Waals surface area contributed by atoms with E-state index in [1.165, 1.54) is 21.9 Å². The Hall–Kier alpha value is -1.80. The number of hydrogen-bond donors (Lipinski definition) is 2. The molecule has 1 heterocycles. The summed E-state index contributed by atoms with van der Waals surface area (Å²) >= 11 is 0. The van der Waals surface area contributed by atoms with Crippen LogP contribution in [-0.2, 0) is 6.42 Å². The molecule has 0 atom stereocenters. The maximum Gasteiger partial charge on any atom is 0.0471 e. The van der Waals surface area contributed by atoms with Crippen LogP contribution in [0.4, 0.5) is 0 Å². The van der Waals surface area contributed by atoms with Gasteiger partial charge in [0.15, 0.2) is 0 Å². The summed E-state index contributed by atoms with van der Waals surface area (Å²) in [5.41, 5.74) is 3.50. The molecule has 0 saturated heterocycles. The average molecular weight is 211 g/mol. The predicted molar refractivity (Wildman–Crippen MR) is 66.6 cm³/mol. The Balaban J connectivity index is 2.31. The first-order chi connectivity index (χ1) is 7.88. The zero-order chi connectivity index (χ0) is 11.0. The SMILES string of the molecule is OCCc1ccc2[nH]c3ccccc3c2c1. The fourth-order valence-corrected chi connectivity index (χ4v) is 2.18. The van der Waals surface area contributed by atoms with Crippen molar-refractivity contribution in [3.63, 3.8) is 0 Å². The number of rotatable bonds is 2. The highest BCUT2D eigenvalue weighted by molar-refractivity contribution is 6.07. The van der Waals surface area contributed by atoms with E-state index in [9.17, 15) is 0 Å². The molecular formula is C14H13NO. The number of aromatic nitrogens is 1. The van der Waals surface area contributed by atoms with Gasteiger partial charge < -0.3 is 10.1 Å². The second-order valence-corrected chi connectivity index (χ2v) is 4.02. The van der Waals surface area contributed by atoms with Crippen molar-refractivity contribution in [2.75, 3.05) is 6.61 Å². The predicted octanol–water partition coefficient (Wildman–Crippen LogP) is 2.86. The van der Waals surface area contributed by atoms with Crippen LogP contribution in [-0.4, -0.2) is 16.7 Å². The van der Waals surface area contributed by atoms with E-state index in [1.54, 1.807) is 0 Å². The normalized spacial score (nSPS) is 11.3. The second-order valence-electron chi connectivity index (χ2n) is 4.02. The summed E-state index contributed by atoms with van der Waals surface area (Å²) in [6.45, 7) is 0.202. The van der Waals surface area contributed by atoms with Gasteiger partial charge in [-0.15, -0.1) is 0 Å². The Morgan fingerprint density at radius 1 is 0.938 bits per heavy atom. The van der Waals surface area contributed by atoms with E-state index in [0.29, 0.717) is 0 Å². The summed E-state index contributed by atoms with van der Waals surface area (Å²) in [7, 11) is 0. The molecule has 2 heteroatoms. The summed E-state index contributed by atoms with van der Waals surface area (Å²) in [4.78, 5) is 3.38. The molecule has 0 aliphatic carbocycles. The molecule has 0 saturated carbocycles. The Morgan fingerprint density at radius 2 is 1.75 bits per heavy atom. The van der Waals surface area contributed by atoms with Gasteiger partial charge in [0.1, 0.15) is 0 Å². The number of H-pyrrole nitrogens is 1. The summed E-state index contributed by atoms with van der Waals surface area (Å²) < 4.78 is 0. The van der Waals surface area contributed by atoms with Crippen molar-refractivity contribution in [3.05, 3.63) is 48.0 Å². The minimum absolute atomic E-state index is 0.202. The van der Waals surface area contributed by atoms with Crippen molar-refractivity contribution in [3.8, 4) is 0 Å². The Bertz CT molecular complexity index is 639. The summed E-state index contributed by atoms with van der Waals surface area (Å²) in [5.74, 6) is 0. The first-order valence-electron chi connectivity index (χ1n) is 5.49. The van der Waals surface area contributed by atoms with E-state index in [1.807, 2.05) is 12.1 Å². The molecule has 2 nitrogen and oxygen atoms in total. The van der Waals surface area contributed by atoms with Crippen LogP contribution in [0.15, 0.2) is 42.5 Å². The maximum absolute atomic E-state index is 8.95. The molecule has 0 radical (unpaired) electrons. The highest BCUT2D eigenvalue weighted by Gasteiger charge is 2.03. The Morgan fingerprint density at radius 3 is 2.62 bits per heavy atom. The molecule has 1 aromatic heterocycles. The summed E-state index contributed by atoms with van der Waals surface area (Å²) in [6.07, 6.45) is 0.718. The van der Waals surface area contributed by atoms with Gasteiger partial charge in [0.05, 0.1) is 0 Å².